The predicted octanol–water partition coefficient (Wildman–Crippen LogP) is 2.75. The first-order valence-corrected chi connectivity index (χ1v) is 5.09. The van der Waals surface area contributed by atoms with Crippen molar-refractivity contribution in [3.8, 4) is 0 Å². The molecule has 2 rings (SSSR count). The number of halogens is 1. The summed E-state index contributed by atoms with van der Waals surface area (Å²) in [6.07, 6.45) is 1.70. The number of hydrogen-bond donors (Lipinski definition) is 2. The summed E-state index contributed by atoms with van der Waals surface area (Å²) in [6.45, 7) is 0. The Hall–Kier alpha value is -0.480. The van der Waals surface area contributed by atoms with Gasteiger partial charge in [-0.25, -0.2) is 4.98 Å². The zero-order valence-corrected chi connectivity index (χ0v) is 8.69. The number of aromatic nitrogens is 2. The molecule has 62 valence electrons. The minimum atomic E-state index is 0.808. The summed E-state index contributed by atoms with van der Waals surface area (Å²) in [7, 11) is 0. The molecule has 4 heteroatoms. The third kappa shape index (κ3) is 1.25. The summed E-state index contributed by atoms with van der Waals surface area (Å²) in [6, 6.07) is 3.98. The first-order valence-electron chi connectivity index (χ1n) is 3.52. The molecular formula is C8H7BrN2S. The van der Waals surface area contributed by atoms with Crippen molar-refractivity contribution < 1.29 is 0 Å². The van der Waals surface area contributed by atoms with Crippen LogP contribution in [0.5, 0.6) is 0 Å². The number of aromatic amines is 1. The lowest BCUT2D eigenvalue weighted by molar-refractivity contribution is 1.33. The van der Waals surface area contributed by atoms with Crippen LogP contribution in [0.2, 0.25) is 0 Å². The second-order valence-corrected chi connectivity index (χ2v) is 3.61. The molecule has 0 aliphatic heterocycles. The summed E-state index contributed by atoms with van der Waals surface area (Å²) in [5.74, 6) is 0. The molecule has 0 amide bonds. The van der Waals surface area contributed by atoms with Gasteiger partial charge in [0.05, 0.1) is 17.4 Å². The molecule has 0 bridgehead atoms. The normalized spacial score (nSPS) is 10.8. The van der Waals surface area contributed by atoms with Crippen LogP contribution < -0.4 is 0 Å². The molecule has 0 atom stereocenters. The molecule has 0 saturated carbocycles. The van der Waals surface area contributed by atoms with E-state index >= 15 is 0 Å². The zero-order valence-electron chi connectivity index (χ0n) is 6.21. The predicted molar refractivity (Wildman–Crippen MR) is 56.0 cm³/mol. The van der Waals surface area contributed by atoms with Crippen molar-refractivity contribution >= 4 is 39.6 Å². The number of hydrogen-bond acceptors (Lipinski definition) is 2. The molecule has 2 nitrogen and oxygen atoms in total. The molecule has 0 aliphatic carbocycles. The Labute approximate surface area is 83.9 Å². The number of fused-ring (bicyclic) bond motifs is 1. The molecule has 1 aromatic carbocycles. The Balaban J connectivity index is 2.80. The van der Waals surface area contributed by atoms with Gasteiger partial charge in [0.1, 0.15) is 0 Å². The van der Waals surface area contributed by atoms with E-state index in [1.807, 2.05) is 12.1 Å². The van der Waals surface area contributed by atoms with E-state index in [0.29, 0.717) is 0 Å². The van der Waals surface area contributed by atoms with Gasteiger partial charge < -0.3 is 4.98 Å². The fourth-order valence-electron chi connectivity index (χ4n) is 1.21. The highest BCUT2D eigenvalue weighted by molar-refractivity contribution is 9.08. The quantitative estimate of drug-likeness (QED) is 0.585. The van der Waals surface area contributed by atoms with E-state index in [-0.39, 0.29) is 0 Å². The largest absolute Gasteiger partial charge is 0.345 e. The zero-order chi connectivity index (χ0) is 8.55. The van der Waals surface area contributed by atoms with E-state index in [4.69, 9.17) is 0 Å². The van der Waals surface area contributed by atoms with Crippen LogP contribution in [-0.2, 0) is 5.33 Å². The first-order chi connectivity index (χ1) is 5.81. The van der Waals surface area contributed by atoms with Crippen LogP contribution >= 0.6 is 28.6 Å². The van der Waals surface area contributed by atoms with Gasteiger partial charge in [0.25, 0.3) is 0 Å². The SMILES string of the molecule is Sc1cc(CBr)c2nc[nH]c2c1. The van der Waals surface area contributed by atoms with Crippen molar-refractivity contribution in [2.45, 2.75) is 10.2 Å². The van der Waals surface area contributed by atoms with Crippen LogP contribution in [0.3, 0.4) is 0 Å². The van der Waals surface area contributed by atoms with Crippen LogP contribution in [0.4, 0.5) is 0 Å². The Morgan fingerprint density at radius 1 is 1.50 bits per heavy atom. The molecule has 1 aromatic heterocycles. The number of rotatable bonds is 1. The van der Waals surface area contributed by atoms with E-state index < -0.39 is 0 Å². The second kappa shape index (κ2) is 3.11. The summed E-state index contributed by atoms with van der Waals surface area (Å²) in [4.78, 5) is 8.22. The number of alkyl halides is 1. The number of benzene rings is 1. The van der Waals surface area contributed by atoms with Crippen LogP contribution in [-0.4, -0.2) is 9.97 Å². The number of nitrogens with zero attached hydrogens (tertiary/aromatic N) is 1. The highest BCUT2D eigenvalue weighted by atomic mass is 79.9. The topological polar surface area (TPSA) is 28.7 Å². The van der Waals surface area contributed by atoms with Gasteiger partial charge in [0.15, 0.2) is 0 Å². The van der Waals surface area contributed by atoms with Crippen molar-refractivity contribution in [3.63, 3.8) is 0 Å². The van der Waals surface area contributed by atoms with E-state index in [1.165, 1.54) is 5.56 Å². The fourth-order valence-corrected chi connectivity index (χ4v) is 1.92. The van der Waals surface area contributed by atoms with Gasteiger partial charge in [-0.15, -0.1) is 12.6 Å². The van der Waals surface area contributed by atoms with E-state index in [1.54, 1.807) is 6.33 Å². The van der Waals surface area contributed by atoms with Crippen molar-refractivity contribution in [3.05, 3.63) is 24.0 Å². The minimum Gasteiger partial charge on any atom is -0.345 e. The number of nitrogens with one attached hydrogen (secondary N) is 1. The molecule has 2 aromatic rings. The highest BCUT2D eigenvalue weighted by Crippen LogP contribution is 2.21. The summed E-state index contributed by atoms with van der Waals surface area (Å²) in [5.41, 5.74) is 3.22. The maximum atomic E-state index is 4.29. The third-order valence-corrected chi connectivity index (χ3v) is 2.59. The summed E-state index contributed by atoms with van der Waals surface area (Å²) >= 11 is 7.70. The van der Waals surface area contributed by atoms with Crippen LogP contribution in [0.25, 0.3) is 11.0 Å². The van der Waals surface area contributed by atoms with E-state index in [9.17, 15) is 0 Å². The Kier molecular flexibility index (Phi) is 2.11. The smallest absolute Gasteiger partial charge is 0.0932 e. The van der Waals surface area contributed by atoms with Gasteiger partial charge in [0.2, 0.25) is 0 Å². The van der Waals surface area contributed by atoms with Gasteiger partial charge >= 0.3 is 0 Å². The van der Waals surface area contributed by atoms with Gasteiger partial charge in [-0.2, -0.15) is 0 Å². The minimum absolute atomic E-state index is 0.808. The molecule has 0 unspecified atom stereocenters. The summed E-state index contributed by atoms with van der Waals surface area (Å²) < 4.78 is 0. The van der Waals surface area contributed by atoms with Crippen molar-refractivity contribution in [1.82, 2.24) is 9.97 Å². The fraction of sp³-hybridized carbons (Fsp3) is 0.125. The molecule has 0 aliphatic rings. The van der Waals surface area contributed by atoms with Crippen molar-refractivity contribution in [2.24, 2.45) is 0 Å². The van der Waals surface area contributed by atoms with Gasteiger partial charge in [-0.3, -0.25) is 0 Å². The molecule has 0 fully saturated rings. The van der Waals surface area contributed by atoms with Crippen LogP contribution in [0.15, 0.2) is 23.4 Å². The number of H-pyrrole nitrogens is 1. The molecule has 1 heterocycles. The Morgan fingerprint density at radius 3 is 3.08 bits per heavy atom. The molecule has 0 saturated heterocycles. The van der Waals surface area contributed by atoms with Crippen LogP contribution in [0, 0.1) is 0 Å². The Morgan fingerprint density at radius 2 is 2.33 bits per heavy atom. The number of imidazole rings is 1. The lowest BCUT2D eigenvalue weighted by atomic mass is 10.2. The maximum Gasteiger partial charge on any atom is 0.0932 e. The maximum absolute atomic E-state index is 4.29. The molecule has 0 radical (unpaired) electrons. The van der Waals surface area contributed by atoms with Gasteiger partial charge in [0, 0.05) is 10.2 Å². The van der Waals surface area contributed by atoms with E-state index in [0.717, 1.165) is 21.3 Å². The lowest BCUT2D eigenvalue weighted by Crippen LogP contribution is -1.81. The third-order valence-electron chi connectivity index (χ3n) is 1.73. The average Bonchev–Trinajstić information content (AvgIpc) is 2.50. The highest BCUT2D eigenvalue weighted by Gasteiger charge is 2.02. The lowest BCUT2D eigenvalue weighted by Gasteiger charge is -1.98. The molecule has 0 spiro atoms. The monoisotopic (exact) mass is 242 g/mol. The molecular weight excluding hydrogens is 236 g/mol. The second-order valence-electron chi connectivity index (χ2n) is 2.54. The van der Waals surface area contributed by atoms with Crippen molar-refractivity contribution in [2.75, 3.05) is 0 Å². The van der Waals surface area contributed by atoms with Gasteiger partial charge in [-0.05, 0) is 17.7 Å². The van der Waals surface area contributed by atoms with Crippen molar-refractivity contribution in [1.29, 1.82) is 0 Å². The van der Waals surface area contributed by atoms with Crippen LogP contribution in [0.1, 0.15) is 5.56 Å². The standard InChI is InChI=1S/C8H7BrN2S/c9-3-5-1-6(12)2-7-8(5)11-4-10-7/h1-2,4,12H,3H2,(H,10,11). The Bertz CT molecular complexity index is 410. The van der Waals surface area contributed by atoms with E-state index in [2.05, 4.69) is 38.5 Å². The summed E-state index contributed by atoms with van der Waals surface area (Å²) in [5, 5.41) is 0.808. The van der Waals surface area contributed by atoms with Gasteiger partial charge in [-0.1, -0.05) is 15.9 Å². The first kappa shape index (κ1) is 8.13. The average molecular weight is 243 g/mol. The molecule has 1 N–H and O–H groups in total. The molecule has 12 heavy (non-hydrogen) atoms. The number of thiol groups is 1.